The molecular weight excluding hydrogens is 711 g/mol. The number of aliphatic hydroxyl groups is 1. The molecule has 1 aliphatic carbocycles. The van der Waals surface area contributed by atoms with Crippen molar-refractivity contribution in [3.05, 3.63) is 33.1 Å². The van der Waals surface area contributed by atoms with E-state index >= 15 is 0 Å². The molecular formula is C29H47N2O19P. The Labute approximate surface area is 293 Å². The summed E-state index contributed by atoms with van der Waals surface area (Å²) in [7, 11) is -1.68. The number of nitrogens with one attached hydrogen (secondary N) is 1. The highest BCUT2D eigenvalue weighted by Crippen LogP contribution is 2.51. The largest absolute Gasteiger partial charge is 0.510 e. The summed E-state index contributed by atoms with van der Waals surface area (Å²) >= 11 is 0. The zero-order valence-corrected chi connectivity index (χ0v) is 29.7. The van der Waals surface area contributed by atoms with E-state index in [1.807, 2.05) is 0 Å². The maximum Gasteiger partial charge on any atom is 0.510 e. The Bertz CT molecular complexity index is 1330. The van der Waals surface area contributed by atoms with Crippen LogP contribution in [0.1, 0.15) is 45.3 Å². The molecule has 51 heavy (non-hydrogen) atoms. The van der Waals surface area contributed by atoms with E-state index in [2.05, 4.69) is 4.98 Å². The van der Waals surface area contributed by atoms with Crippen LogP contribution in [0.15, 0.2) is 21.9 Å². The lowest BCUT2D eigenvalue weighted by molar-refractivity contribution is -0.276. The Hall–Kier alpha value is -2.95. The SMILES string of the molecule is COCCOCCOC(=O)OCOP(=O)(OCOC(=O)OCCOCCOC)OC[C@@H]1C[C@@](C)(OC2(O)CCCC2)[C@H](n2ccc(=O)[nH]c2=O)O1. The third-order valence-electron chi connectivity index (χ3n) is 7.34. The van der Waals surface area contributed by atoms with Crippen LogP contribution in [0, 0.1) is 0 Å². The van der Waals surface area contributed by atoms with Crippen LogP contribution in [0.3, 0.4) is 0 Å². The third-order valence-corrected chi connectivity index (χ3v) is 8.65. The van der Waals surface area contributed by atoms with Crippen LogP contribution in [-0.2, 0) is 65.5 Å². The number of aromatic amines is 1. The van der Waals surface area contributed by atoms with E-state index in [0.29, 0.717) is 26.1 Å². The second kappa shape index (κ2) is 21.5. The van der Waals surface area contributed by atoms with Gasteiger partial charge in [-0.3, -0.25) is 18.9 Å². The molecule has 1 aromatic heterocycles. The molecule has 1 aliphatic heterocycles. The summed E-state index contributed by atoms with van der Waals surface area (Å²) in [5, 5.41) is 11.1. The highest BCUT2D eigenvalue weighted by Gasteiger charge is 2.53. The van der Waals surface area contributed by atoms with Crippen molar-refractivity contribution in [1.29, 1.82) is 0 Å². The van der Waals surface area contributed by atoms with Gasteiger partial charge in [0, 0.05) is 45.7 Å². The van der Waals surface area contributed by atoms with Crippen LogP contribution in [0.4, 0.5) is 9.59 Å². The molecule has 0 unspecified atom stereocenters. The summed E-state index contributed by atoms with van der Waals surface area (Å²) in [6, 6.07) is 1.12. The summed E-state index contributed by atoms with van der Waals surface area (Å²) in [6.45, 7) is 0.226. The van der Waals surface area contributed by atoms with Crippen molar-refractivity contribution in [2.24, 2.45) is 0 Å². The monoisotopic (exact) mass is 758 g/mol. The maximum absolute atomic E-state index is 13.6. The number of ether oxygens (including phenoxy) is 10. The number of nitrogens with zero attached hydrogens (tertiary/aromatic N) is 1. The minimum Gasteiger partial charge on any atom is -0.432 e. The lowest BCUT2D eigenvalue weighted by Crippen LogP contribution is -2.47. The molecule has 3 atom stereocenters. The molecule has 21 nitrogen and oxygen atoms in total. The Morgan fingerprint density at radius 2 is 1.43 bits per heavy atom. The van der Waals surface area contributed by atoms with Gasteiger partial charge in [-0.05, 0) is 19.8 Å². The van der Waals surface area contributed by atoms with E-state index in [1.165, 1.54) is 20.4 Å². The summed E-state index contributed by atoms with van der Waals surface area (Å²) in [6.07, 6.45) is -1.15. The Kier molecular flexibility index (Phi) is 17.9. The van der Waals surface area contributed by atoms with Crippen LogP contribution in [0.25, 0.3) is 0 Å². The van der Waals surface area contributed by atoms with E-state index in [4.69, 9.17) is 60.9 Å². The second-order valence-corrected chi connectivity index (χ2v) is 13.0. The molecule has 22 heteroatoms. The van der Waals surface area contributed by atoms with Gasteiger partial charge >= 0.3 is 25.8 Å². The third kappa shape index (κ3) is 14.9. The minimum absolute atomic E-state index is 0.00387. The lowest BCUT2D eigenvalue weighted by atomic mass is 9.98. The highest BCUT2D eigenvalue weighted by atomic mass is 31.2. The van der Waals surface area contributed by atoms with Crippen molar-refractivity contribution in [2.45, 2.75) is 62.7 Å². The summed E-state index contributed by atoms with van der Waals surface area (Å²) in [5.41, 5.74) is -2.78. The van der Waals surface area contributed by atoms with Gasteiger partial charge in [0.1, 0.15) is 18.8 Å². The van der Waals surface area contributed by atoms with Crippen molar-refractivity contribution in [1.82, 2.24) is 9.55 Å². The molecule has 2 N–H and O–H groups in total. The number of phosphoric acid groups is 1. The summed E-state index contributed by atoms with van der Waals surface area (Å²) in [4.78, 5) is 50.5. The molecule has 2 fully saturated rings. The predicted octanol–water partition coefficient (Wildman–Crippen LogP) is 1.57. The van der Waals surface area contributed by atoms with Crippen LogP contribution in [0.5, 0.6) is 0 Å². The van der Waals surface area contributed by atoms with Gasteiger partial charge in [-0.2, -0.15) is 0 Å². The average molecular weight is 759 g/mol. The standard InChI is InChI=1S/C29H47N2O19P/c1-28(50-29(36)7-4-5-8-29)18-22(49-24(28)31-9-6-23(32)30-25(31)33)19-46-51(37,47-20-44-26(34)42-16-14-40-12-10-38-2)48-21-45-27(35)43-17-15-41-13-11-39-3/h6,9,22,24,36H,4-5,7-8,10-21H2,1-3H3,(H,30,32,33)/t22-,24+,28+/m0/s1. The van der Waals surface area contributed by atoms with Crippen LogP contribution >= 0.6 is 7.82 Å². The Morgan fingerprint density at radius 3 is 1.96 bits per heavy atom. The molecule has 0 spiro atoms. The van der Waals surface area contributed by atoms with Gasteiger partial charge in [-0.15, -0.1) is 0 Å². The molecule has 0 radical (unpaired) electrons. The van der Waals surface area contributed by atoms with Crippen molar-refractivity contribution < 1.29 is 80.2 Å². The first-order chi connectivity index (χ1) is 24.4. The predicted molar refractivity (Wildman–Crippen MR) is 168 cm³/mol. The zero-order valence-electron chi connectivity index (χ0n) is 28.8. The van der Waals surface area contributed by atoms with Gasteiger partial charge < -0.3 is 52.5 Å². The lowest BCUT2D eigenvalue weighted by Gasteiger charge is -2.37. The zero-order chi connectivity index (χ0) is 37.2. The Balaban J connectivity index is 1.62. The summed E-state index contributed by atoms with van der Waals surface area (Å²) < 4.78 is 81.9. The number of carbonyl (C=O) groups excluding carboxylic acids is 2. The van der Waals surface area contributed by atoms with Crippen molar-refractivity contribution >= 4 is 20.1 Å². The van der Waals surface area contributed by atoms with E-state index in [9.17, 15) is 28.8 Å². The molecule has 1 saturated carbocycles. The van der Waals surface area contributed by atoms with Crippen LogP contribution in [-0.4, -0.2) is 132 Å². The second-order valence-electron chi connectivity index (χ2n) is 11.3. The number of H-pyrrole nitrogens is 1. The van der Waals surface area contributed by atoms with Crippen molar-refractivity contribution in [3.63, 3.8) is 0 Å². The highest BCUT2D eigenvalue weighted by molar-refractivity contribution is 7.48. The van der Waals surface area contributed by atoms with Gasteiger partial charge in [0.15, 0.2) is 12.0 Å². The van der Waals surface area contributed by atoms with Crippen LogP contribution < -0.4 is 11.2 Å². The van der Waals surface area contributed by atoms with E-state index in [0.717, 1.165) is 23.5 Å². The minimum atomic E-state index is -4.69. The number of rotatable bonds is 24. The molecule has 3 rings (SSSR count). The number of phosphoric ester groups is 1. The quantitative estimate of drug-likeness (QED) is 0.0657. The first-order valence-corrected chi connectivity index (χ1v) is 17.5. The average Bonchev–Trinajstić information content (AvgIpc) is 3.65. The smallest absolute Gasteiger partial charge is 0.432 e. The number of hydrogen-bond acceptors (Lipinski definition) is 19. The Morgan fingerprint density at radius 1 is 0.882 bits per heavy atom. The molecule has 2 heterocycles. The first kappa shape index (κ1) is 42.5. The fourth-order valence-corrected chi connectivity index (χ4v) is 5.99. The molecule has 1 aromatic rings. The normalized spacial score (nSPS) is 21.4. The molecule has 0 aromatic carbocycles. The number of carbonyl (C=O) groups is 2. The molecule has 292 valence electrons. The molecule has 0 bridgehead atoms. The number of hydrogen-bond donors (Lipinski definition) is 2. The fourth-order valence-electron chi connectivity index (χ4n) is 5.06. The van der Waals surface area contributed by atoms with E-state index < -0.39 is 75.3 Å². The van der Waals surface area contributed by atoms with E-state index in [-0.39, 0.29) is 46.1 Å². The van der Waals surface area contributed by atoms with E-state index in [1.54, 1.807) is 6.92 Å². The maximum atomic E-state index is 13.6. The van der Waals surface area contributed by atoms with Gasteiger partial charge in [-0.25, -0.2) is 28.0 Å². The van der Waals surface area contributed by atoms with Crippen molar-refractivity contribution in [3.8, 4) is 0 Å². The molecule has 0 amide bonds. The van der Waals surface area contributed by atoms with Crippen molar-refractivity contribution in [2.75, 3.05) is 87.3 Å². The number of aromatic nitrogens is 2. The van der Waals surface area contributed by atoms with Gasteiger partial charge in [-0.1, -0.05) is 0 Å². The number of methoxy groups -OCH3 is 2. The van der Waals surface area contributed by atoms with Crippen LogP contribution in [0.2, 0.25) is 0 Å². The topological polar surface area (TPSA) is 246 Å². The molecule has 2 aliphatic rings. The van der Waals surface area contributed by atoms with Gasteiger partial charge in [0.05, 0.1) is 52.4 Å². The molecule has 1 saturated heterocycles. The van der Waals surface area contributed by atoms with Gasteiger partial charge in [0.25, 0.3) is 5.56 Å². The fraction of sp³-hybridized carbons (Fsp3) is 0.793. The summed E-state index contributed by atoms with van der Waals surface area (Å²) in [5.74, 6) is -1.50. The first-order valence-electron chi connectivity index (χ1n) is 16.1. The van der Waals surface area contributed by atoms with Gasteiger partial charge in [0.2, 0.25) is 13.6 Å².